The van der Waals surface area contributed by atoms with Gasteiger partial charge >= 0.3 is 0 Å². The summed E-state index contributed by atoms with van der Waals surface area (Å²) in [6.07, 6.45) is 8.08. The Morgan fingerprint density at radius 1 is 0.787 bits per heavy atom. The standard InChI is InChI=1S/C62H73N5O10S3/c1-8-63-26-15-9-10-20-54(68)58(80(72,73)75-7)24-27-78-79-62(3,4)25-23-59(69)64-46-30-41(38-76-55-36-53-50(28-40(55)2)61(71)67-48(37-65(53)5)33-45-17-12-14-19-52(45)67)29-42(31-46)39-77-57-34-43-21-22-47-32-44-16-11-13-18-51(44)66(47)60(70)49(43)35-56(57)74-6/h8,11-14,16-19,28-31,34-36,47-48,58H,9-10,15,20-27,32-33,37-39H2,1-7H3,(H,64,69)/t47-,48+,58?/m1/s1. The highest BCUT2D eigenvalue weighted by Crippen LogP contribution is 2.43. The lowest BCUT2D eigenvalue weighted by Crippen LogP contribution is -2.41. The highest BCUT2D eigenvalue weighted by atomic mass is 33.1. The number of unbranched alkanes of at least 4 members (excludes halogenated alkanes) is 2. The van der Waals surface area contributed by atoms with Crippen molar-refractivity contribution < 1.29 is 46.0 Å². The van der Waals surface area contributed by atoms with E-state index in [1.54, 1.807) is 30.2 Å². The van der Waals surface area contributed by atoms with E-state index < -0.39 is 15.4 Å². The summed E-state index contributed by atoms with van der Waals surface area (Å²) < 4.78 is 49.1. The Morgan fingerprint density at radius 3 is 2.14 bits per heavy atom. The summed E-state index contributed by atoms with van der Waals surface area (Å²) in [6, 6.07) is 29.6. The molecule has 424 valence electrons. The number of likely N-dealkylation sites (N-methyl/N-ethyl adjacent to an activating group) is 1. The number of Topliss-reactive ketones (excluding diaryl/α,β-unsaturated/α-hetero) is 1. The number of carbonyl (C=O) groups excluding carboxylic acids is 4. The molecule has 0 aliphatic carbocycles. The van der Waals surface area contributed by atoms with Gasteiger partial charge in [0, 0.05) is 78.2 Å². The number of nitrogens with zero attached hydrogens (tertiary/aromatic N) is 4. The van der Waals surface area contributed by atoms with Crippen LogP contribution in [0.1, 0.15) is 126 Å². The molecule has 1 unspecified atom stereocenters. The van der Waals surface area contributed by atoms with Crippen LogP contribution in [-0.2, 0) is 56.4 Å². The molecule has 0 radical (unpaired) electrons. The minimum absolute atomic E-state index is 0.00973. The van der Waals surface area contributed by atoms with E-state index in [1.807, 2.05) is 117 Å². The van der Waals surface area contributed by atoms with Crippen LogP contribution in [0.5, 0.6) is 17.2 Å². The maximum Gasteiger partial charge on any atom is 0.277 e. The smallest absolute Gasteiger partial charge is 0.277 e. The number of hydrogen-bond donors (Lipinski definition) is 1. The van der Waals surface area contributed by atoms with Crippen LogP contribution < -0.4 is 34.2 Å². The van der Waals surface area contributed by atoms with Crippen LogP contribution in [0.25, 0.3) is 0 Å². The summed E-state index contributed by atoms with van der Waals surface area (Å²) in [6.45, 7) is 9.49. The molecule has 4 aliphatic heterocycles. The number of benzene rings is 5. The molecule has 1 N–H and O–H groups in total. The van der Waals surface area contributed by atoms with Crippen molar-refractivity contribution in [3.63, 3.8) is 0 Å². The molecule has 4 aliphatic rings. The second-order valence-electron chi connectivity index (χ2n) is 21.7. The Kier molecular flexibility index (Phi) is 18.7. The van der Waals surface area contributed by atoms with E-state index in [-0.39, 0.29) is 72.8 Å². The number of hydrogen-bond acceptors (Lipinski definition) is 14. The molecule has 3 amide bonds. The van der Waals surface area contributed by atoms with E-state index in [2.05, 4.69) is 27.3 Å². The van der Waals surface area contributed by atoms with Crippen molar-refractivity contribution >= 4 is 84.2 Å². The molecule has 0 aromatic heterocycles. The predicted octanol–water partition coefficient (Wildman–Crippen LogP) is 11.5. The molecule has 0 fully saturated rings. The number of ketones is 1. The number of anilines is 4. The number of nitrogens with one attached hydrogen (secondary N) is 1. The highest BCUT2D eigenvalue weighted by molar-refractivity contribution is 8.77. The van der Waals surface area contributed by atoms with E-state index in [4.69, 9.17) is 18.4 Å². The quantitative estimate of drug-likeness (QED) is 0.0253. The fraction of sp³-hybridized carbons (Fsp3) is 0.435. The summed E-state index contributed by atoms with van der Waals surface area (Å²) >= 11 is 0. The van der Waals surface area contributed by atoms with Crippen LogP contribution in [0, 0.1) is 6.92 Å². The van der Waals surface area contributed by atoms with Crippen molar-refractivity contribution in [2.24, 2.45) is 4.99 Å². The summed E-state index contributed by atoms with van der Waals surface area (Å²) in [5.74, 6) is 1.38. The number of carbonyl (C=O) groups is 4. The fourth-order valence-corrected chi connectivity index (χ4v) is 15.2. The molecule has 0 bridgehead atoms. The summed E-state index contributed by atoms with van der Waals surface area (Å²) in [4.78, 5) is 65.7. The van der Waals surface area contributed by atoms with Crippen LogP contribution in [0.3, 0.4) is 0 Å². The van der Waals surface area contributed by atoms with Crippen molar-refractivity contribution in [1.82, 2.24) is 0 Å². The number of aliphatic imine (C=N–C) groups is 1. The normalized spacial score (nSPS) is 17.0. The average molecular weight is 1140 g/mol. The van der Waals surface area contributed by atoms with Crippen molar-refractivity contribution in [3.05, 3.63) is 136 Å². The molecule has 9 rings (SSSR count). The topological polar surface area (TPSA) is 173 Å². The number of amides is 3. The zero-order chi connectivity index (χ0) is 56.7. The third-order valence-electron chi connectivity index (χ3n) is 15.5. The first-order valence-corrected chi connectivity index (χ1v) is 31.4. The first kappa shape index (κ1) is 58.3. The van der Waals surface area contributed by atoms with Gasteiger partial charge in [-0.2, -0.15) is 8.42 Å². The second-order valence-corrected chi connectivity index (χ2v) is 26.8. The van der Waals surface area contributed by atoms with Gasteiger partial charge in [-0.05, 0) is 167 Å². The first-order chi connectivity index (χ1) is 38.5. The predicted molar refractivity (Wildman–Crippen MR) is 321 cm³/mol. The molecular formula is C62H73N5O10S3. The molecule has 0 saturated heterocycles. The minimum atomic E-state index is -4.06. The fourth-order valence-electron chi connectivity index (χ4n) is 11.4. The highest BCUT2D eigenvalue weighted by Gasteiger charge is 2.40. The maximum absolute atomic E-state index is 14.3. The van der Waals surface area contributed by atoms with Gasteiger partial charge in [-0.3, -0.25) is 28.4 Å². The lowest BCUT2D eigenvalue weighted by Gasteiger charge is -2.25. The number of para-hydroxylation sites is 2. The zero-order valence-electron chi connectivity index (χ0n) is 46.9. The molecule has 18 heteroatoms. The third-order valence-corrected chi connectivity index (χ3v) is 20.6. The largest absolute Gasteiger partial charge is 0.493 e. The van der Waals surface area contributed by atoms with Gasteiger partial charge in [0.05, 0.1) is 31.5 Å². The molecule has 0 spiro atoms. The van der Waals surface area contributed by atoms with E-state index in [9.17, 15) is 27.6 Å². The first-order valence-electron chi connectivity index (χ1n) is 27.6. The molecule has 15 nitrogen and oxygen atoms in total. The monoisotopic (exact) mass is 1140 g/mol. The molecule has 5 aromatic carbocycles. The van der Waals surface area contributed by atoms with Gasteiger partial charge in [0.2, 0.25) is 5.91 Å². The van der Waals surface area contributed by atoms with Crippen molar-refractivity contribution in [2.75, 3.05) is 60.1 Å². The Balaban J connectivity index is 0.888. The van der Waals surface area contributed by atoms with E-state index in [0.29, 0.717) is 72.2 Å². The number of methoxy groups -OCH3 is 1. The zero-order valence-corrected chi connectivity index (χ0v) is 49.3. The van der Waals surface area contributed by atoms with Crippen molar-refractivity contribution in [2.45, 2.75) is 134 Å². The molecule has 0 saturated carbocycles. The lowest BCUT2D eigenvalue weighted by molar-refractivity contribution is -0.119. The van der Waals surface area contributed by atoms with Gasteiger partial charge in [0.15, 0.2) is 17.3 Å². The second kappa shape index (κ2) is 25.6. The Bertz CT molecular complexity index is 3270. The van der Waals surface area contributed by atoms with E-state index in [0.717, 1.165) is 78.5 Å². The Labute approximate surface area is 479 Å². The van der Waals surface area contributed by atoms with Crippen LogP contribution in [0.4, 0.5) is 22.7 Å². The summed E-state index contributed by atoms with van der Waals surface area (Å²) in [7, 11) is 3.65. The van der Waals surface area contributed by atoms with E-state index in [1.165, 1.54) is 21.9 Å². The number of fused-ring (bicyclic) bond motifs is 8. The summed E-state index contributed by atoms with van der Waals surface area (Å²) in [5, 5.41) is 1.90. The molecule has 4 heterocycles. The maximum atomic E-state index is 14.3. The van der Waals surface area contributed by atoms with Gasteiger partial charge in [-0.15, -0.1) is 0 Å². The SMILES string of the molecule is CC=NCCCCCC(=O)C(CCSSC(C)(C)CCC(=O)Nc1cc(COc2cc3c(cc2C)C(=O)N2c4ccccc4C[C@H]2CN3C)cc(COc2cc3c(cc2OC)C(=O)N2c4ccccc4C[C@H]2CC3)c1)S(=O)(=O)OC. The number of ether oxygens (including phenoxy) is 3. The van der Waals surface area contributed by atoms with E-state index >= 15 is 0 Å². The Morgan fingerprint density at radius 2 is 1.45 bits per heavy atom. The lowest BCUT2D eigenvalue weighted by atomic mass is 9.99. The molecule has 3 atom stereocenters. The van der Waals surface area contributed by atoms with Crippen LogP contribution in [0.15, 0.2) is 96.0 Å². The van der Waals surface area contributed by atoms with Crippen LogP contribution >= 0.6 is 21.6 Å². The van der Waals surface area contributed by atoms with Crippen molar-refractivity contribution in [1.29, 1.82) is 0 Å². The van der Waals surface area contributed by atoms with Crippen LogP contribution in [-0.4, -0.2) is 100 Å². The van der Waals surface area contributed by atoms with Crippen molar-refractivity contribution in [3.8, 4) is 17.2 Å². The molecule has 80 heavy (non-hydrogen) atoms. The van der Waals surface area contributed by atoms with Gasteiger partial charge in [-0.25, -0.2) is 0 Å². The number of rotatable bonds is 25. The molecule has 5 aromatic rings. The van der Waals surface area contributed by atoms with Gasteiger partial charge in [-0.1, -0.05) is 64.4 Å². The van der Waals surface area contributed by atoms with Gasteiger partial charge in [0.1, 0.15) is 24.2 Å². The van der Waals surface area contributed by atoms with Gasteiger partial charge < -0.3 is 34.2 Å². The summed E-state index contributed by atoms with van der Waals surface area (Å²) in [5.41, 5.74) is 10.1. The number of aryl methyl sites for hydroxylation is 2. The minimum Gasteiger partial charge on any atom is -0.493 e. The molecular weight excluding hydrogens is 1070 g/mol. The third kappa shape index (κ3) is 13.4. The Hall–Kier alpha value is -6.34. The van der Waals surface area contributed by atoms with Crippen LogP contribution in [0.2, 0.25) is 0 Å². The average Bonchev–Trinajstić information content (AvgIpc) is 4.01. The van der Waals surface area contributed by atoms with Gasteiger partial charge in [0.25, 0.3) is 21.9 Å².